The van der Waals surface area contributed by atoms with Gasteiger partial charge in [0.2, 0.25) is 11.8 Å². The van der Waals surface area contributed by atoms with E-state index in [4.69, 9.17) is 11.0 Å². The van der Waals surface area contributed by atoms with Crippen molar-refractivity contribution < 1.29 is 9.59 Å². The highest BCUT2D eigenvalue weighted by Crippen LogP contribution is 2.14. The van der Waals surface area contributed by atoms with E-state index in [9.17, 15) is 9.59 Å². The molecule has 0 fully saturated rings. The molecule has 116 valence electrons. The van der Waals surface area contributed by atoms with Gasteiger partial charge in [-0.25, -0.2) is 0 Å². The fourth-order valence-electron chi connectivity index (χ4n) is 1.85. The fraction of sp³-hybridized carbons (Fsp3) is 0.118. The number of primary amides is 1. The Morgan fingerprint density at radius 2 is 1.74 bits per heavy atom. The van der Waals surface area contributed by atoms with Crippen LogP contribution in [0.25, 0.3) is 0 Å². The molecule has 2 amide bonds. The standard InChI is InChI=1S/C17H15N3O2S/c18-9-12-1-3-13(4-2-12)10-23-11-16(21)20-15-7-5-14(6-8-15)17(19)22/h1-8H,10-11H2,(H2,19,22)(H,20,21). The van der Waals surface area contributed by atoms with Gasteiger partial charge in [0.15, 0.2) is 0 Å². The van der Waals surface area contributed by atoms with Crippen molar-refractivity contribution in [2.24, 2.45) is 5.73 Å². The predicted molar refractivity (Wildman–Crippen MR) is 90.9 cm³/mol. The van der Waals surface area contributed by atoms with Gasteiger partial charge in [-0.3, -0.25) is 9.59 Å². The molecule has 0 aromatic heterocycles. The summed E-state index contributed by atoms with van der Waals surface area (Å²) in [6, 6.07) is 15.8. The van der Waals surface area contributed by atoms with Crippen LogP contribution >= 0.6 is 11.8 Å². The first-order valence-electron chi connectivity index (χ1n) is 6.85. The molecule has 2 rings (SSSR count). The Hall–Kier alpha value is -2.78. The molecule has 0 aliphatic heterocycles. The molecular weight excluding hydrogens is 310 g/mol. The minimum Gasteiger partial charge on any atom is -0.366 e. The number of nitriles is 1. The molecule has 0 aliphatic rings. The van der Waals surface area contributed by atoms with Crippen LogP contribution in [0.2, 0.25) is 0 Å². The van der Waals surface area contributed by atoms with E-state index in [0.29, 0.717) is 28.3 Å². The van der Waals surface area contributed by atoms with E-state index in [0.717, 1.165) is 5.56 Å². The van der Waals surface area contributed by atoms with Gasteiger partial charge in [0.25, 0.3) is 0 Å². The second kappa shape index (κ2) is 8.01. The average molecular weight is 325 g/mol. The molecule has 2 aromatic rings. The SMILES string of the molecule is N#Cc1ccc(CSCC(=O)Nc2ccc(C(N)=O)cc2)cc1. The van der Waals surface area contributed by atoms with E-state index in [1.54, 1.807) is 36.4 Å². The lowest BCUT2D eigenvalue weighted by atomic mass is 10.2. The van der Waals surface area contributed by atoms with Crippen molar-refractivity contribution in [3.05, 3.63) is 65.2 Å². The van der Waals surface area contributed by atoms with Gasteiger partial charge in [0.05, 0.1) is 17.4 Å². The first-order chi connectivity index (χ1) is 11.1. The fourth-order valence-corrected chi connectivity index (χ4v) is 2.64. The van der Waals surface area contributed by atoms with E-state index in [2.05, 4.69) is 11.4 Å². The number of hydrogen-bond acceptors (Lipinski definition) is 4. The molecular formula is C17H15N3O2S. The van der Waals surface area contributed by atoms with Crippen molar-refractivity contribution >= 4 is 29.3 Å². The number of carbonyl (C=O) groups is 2. The van der Waals surface area contributed by atoms with E-state index < -0.39 is 5.91 Å². The summed E-state index contributed by atoms with van der Waals surface area (Å²) in [6.07, 6.45) is 0. The molecule has 3 N–H and O–H groups in total. The maximum Gasteiger partial charge on any atom is 0.248 e. The van der Waals surface area contributed by atoms with Crippen LogP contribution in [0.1, 0.15) is 21.5 Å². The summed E-state index contributed by atoms with van der Waals surface area (Å²) in [7, 11) is 0. The van der Waals surface area contributed by atoms with Crippen LogP contribution in [0.5, 0.6) is 0 Å². The first-order valence-corrected chi connectivity index (χ1v) is 8.00. The van der Waals surface area contributed by atoms with Crippen LogP contribution < -0.4 is 11.1 Å². The predicted octanol–water partition coefficient (Wildman–Crippen LogP) is 2.53. The van der Waals surface area contributed by atoms with Crippen molar-refractivity contribution in [1.82, 2.24) is 0 Å². The van der Waals surface area contributed by atoms with Gasteiger partial charge in [0.1, 0.15) is 0 Å². The van der Waals surface area contributed by atoms with Gasteiger partial charge in [-0.1, -0.05) is 12.1 Å². The van der Waals surface area contributed by atoms with Gasteiger partial charge < -0.3 is 11.1 Å². The number of rotatable bonds is 6. The Morgan fingerprint density at radius 3 is 2.30 bits per heavy atom. The lowest BCUT2D eigenvalue weighted by Crippen LogP contribution is -2.15. The maximum absolute atomic E-state index is 11.9. The minimum absolute atomic E-state index is 0.115. The summed E-state index contributed by atoms with van der Waals surface area (Å²) in [5.41, 5.74) is 7.87. The van der Waals surface area contributed by atoms with E-state index in [1.807, 2.05) is 12.1 Å². The molecule has 0 saturated heterocycles. The van der Waals surface area contributed by atoms with Gasteiger partial charge in [-0.05, 0) is 42.0 Å². The van der Waals surface area contributed by atoms with Crippen molar-refractivity contribution in [1.29, 1.82) is 5.26 Å². The minimum atomic E-state index is -0.499. The quantitative estimate of drug-likeness (QED) is 0.853. The molecule has 0 aliphatic carbocycles. The monoisotopic (exact) mass is 325 g/mol. The topological polar surface area (TPSA) is 96.0 Å². The van der Waals surface area contributed by atoms with Crippen molar-refractivity contribution in [2.75, 3.05) is 11.1 Å². The summed E-state index contributed by atoms with van der Waals surface area (Å²) >= 11 is 1.49. The van der Waals surface area contributed by atoms with Crippen LogP contribution in [0.4, 0.5) is 5.69 Å². The zero-order valence-electron chi connectivity index (χ0n) is 12.3. The summed E-state index contributed by atoms with van der Waals surface area (Å²) in [5.74, 6) is 0.397. The molecule has 2 aromatic carbocycles. The second-order valence-electron chi connectivity index (χ2n) is 4.79. The lowest BCUT2D eigenvalue weighted by molar-refractivity contribution is -0.113. The Labute approximate surface area is 138 Å². The van der Waals surface area contributed by atoms with Gasteiger partial charge >= 0.3 is 0 Å². The van der Waals surface area contributed by atoms with Crippen LogP contribution in [0.3, 0.4) is 0 Å². The van der Waals surface area contributed by atoms with Crippen LogP contribution in [-0.4, -0.2) is 17.6 Å². The van der Waals surface area contributed by atoms with E-state index in [-0.39, 0.29) is 5.91 Å². The number of thioether (sulfide) groups is 1. The molecule has 5 nitrogen and oxygen atoms in total. The number of nitrogens with two attached hydrogens (primary N) is 1. The number of nitrogens with one attached hydrogen (secondary N) is 1. The molecule has 23 heavy (non-hydrogen) atoms. The Balaban J connectivity index is 1.78. The zero-order valence-corrected chi connectivity index (χ0v) is 13.1. The Bertz CT molecular complexity index is 734. The third-order valence-corrected chi connectivity index (χ3v) is 4.04. The normalized spacial score (nSPS) is 9.87. The number of nitrogens with zero attached hydrogens (tertiary/aromatic N) is 1. The largest absolute Gasteiger partial charge is 0.366 e. The highest BCUT2D eigenvalue weighted by Gasteiger charge is 2.05. The second-order valence-corrected chi connectivity index (χ2v) is 5.78. The molecule has 0 spiro atoms. The number of anilines is 1. The van der Waals surface area contributed by atoms with Crippen LogP contribution in [-0.2, 0) is 10.5 Å². The zero-order chi connectivity index (χ0) is 16.7. The molecule has 6 heteroatoms. The molecule has 0 radical (unpaired) electrons. The summed E-state index contributed by atoms with van der Waals surface area (Å²) < 4.78 is 0. The number of benzene rings is 2. The highest BCUT2D eigenvalue weighted by atomic mass is 32.2. The van der Waals surface area contributed by atoms with Crippen LogP contribution in [0.15, 0.2) is 48.5 Å². The summed E-state index contributed by atoms with van der Waals surface area (Å²) in [6.45, 7) is 0. The lowest BCUT2D eigenvalue weighted by Gasteiger charge is -2.06. The van der Waals surface area contributed by atoms with Crippen molar-refractivity contribution in [3.8, 4) is 6.07 Å². The van der Waals surface area contributed by atoms with Crippen molar-refractivity contribution in [3.63, 3.8) is 0 Å². The molecule has 0 saturated carbocycles. The Morgan fingerprint density at radius 1 is 1.09 bits per heavy atom. The van der Waals surface area contributed by atoms with Gasteiger partial charge in [0, 0.05) is 17.0 Å². The molecule has 0 atom stereocenters. The van der Waals surface area contributed by atoms with E-state index >= 15 is 0 Å². The number of amides is 2. The average Bonchev–Trinajstić information content (AvgIpc) is 2.56. The molecule has 0 unspecified atom stereocenters. The third kappa shape index (κ3) is 5.16. The smallest absolute Gasteiger partial charge is 0.248 e. The maximum atomic E-state index is 11.9. The molecule has 0 bridgehead atoms. The summed E-state index contributed by atoms with van der Waals surface area (Å²) in [5, 5.41) is 11.5. The van der Waals surface area contributed by atoms with Gasteiger partial charge in [-0.15, -0.1) is 11.8 Å². The van der Waals surface area contributed by atoms with Gasteiger partial charge in [-0.2, -0.15) is 5.26 Å². The Kier molecular flexibility index (Phi) is 5.78. The van der Waals surface area contributed by atoms with E-state index in [1.165, 1.54) is 11.8 Å². The summed E-state index contributed by atoms with van der Waals surface area (Å²) in [4.78, 5) is 22.8. The van der Waals surface area contributed by atoms with Crippen LogP contribution in [0, 0.1) is 11.3 Å². The highest BCUT2D eigenvalue weighted by molar-refractivity contribution is 7.99. The number of hydrogen-bond donors (Lipinski definition) is 2. The third-order valence-electron chi connectivity index (χ3n) is 3.04. The molecule has 0 heterocycles. The van der Waals surface area contributed by atoms with Crippen molar-refractivity contribution in [2.45, 2.75) is 5.75 Å². The first kappa shape index (κ1) is 16.6. The number of carbonyl (C=O) groups excluding carboxylic acids is 2.